The Bertz CT molecular complexity index is 674. The van der Waals surface area contributed by atoms with Gasteiger partial charge in [-0.25, -0.2) is 4.39 Å². The quantitative estimate of drug-likeness (QED) is 0.606. The highest BCUT2D eigenvalue weighted by molar-refractivity contribution is 5.97. The molecular weight excluding hydrogens is 241 g/mol. The number of carbonyl (C=O) groups is 1. The zero-order chi connectivity index (χ0) is 13.7. The molecule has 0 unspecified atom stereocenters. The lowest BCUT2D eigenvalue weighted by Gasteiger charge is -1.92. The van der Waals surface area contributed by atoms with Gasteiger partial charge in [-0.15, -0.1) is 0 Å². The number of aromatic nitrogens is 1. The monoisotopic (exact) mass is 255 g/mol. The molecule has 3 aromatic rings. The first-order chi connectivity index (χ1) is 9.22. The van der Waals surface area contributed by atoms with Gasteiger partial charge in [-0.3, -0.25) is 4.79 Å². The van der Waals surface area contributed by atoms with Gasteiger partial charge in [-0.2, -0.15) is 0 Å². The van der Waals surface area contributed by atoms with Crippen molar-refractivity contribution in [3.63, 3.8) is 0 Å². The summed E-state index contributed by atoms with van der Waals surface area (Å²) < 4.78 is 13.9. The molecule has 0 radical (unpaired) electrons. The van der Waals surface area contributed by atoms with Crippen molar-refractivity contribution in [2.24, 2.45) is 7.05 Å². The second-order valence-corrected chi connectivity index (χ2v) is 4.13. The van der Waals surface area contributed by atoms with Crippen LogP contribution in [-0.2, 0) is 7.05 Å². The number of aryl methyl sites for hydroxylation is 1. The summed E-state index contributed by atoms with van der Waals surface area (Å²) in [6.07, 6.45) is 2.74. The number of halogens is 1. The van der Waals surface area contributed by atoms with Crippen molar-refractivity contribution >= 4 is 17.2 Å². The van der Waals surface area contributed by atoms with Gasteiger partial charge >= 0.3 is 0 Å². The predicted octanol–water partition coefficient (Wildman–Crippen LogP) is 3.82. The number of hydrogen-bond acceptors (Lipinski definition) is 1. The van der Waals surface area contributed by atoms with E-state index in [-0.39, 0.29) is 5.82 Å². The van der Waals surface area contributed by atoms with E-state index >= 15 is 0 Å². The number of fused-ring (bicyclic) bond motifs is 1. The summed E-state index contributed by atoms with van der Waals surface area (Å²) in [6.45, 7) is 0. The van der Waals surface area contributed by atoms with E-state index in [1.165, 1.54) is 12.1 Å². The van der Waals surface area contributed by atoms with Crippen molar-refractivity contribution in [2.75, 3.05) is 0 Å². The van der Waals surface area contributed by atoms with Crippen molar-refractivity contribution in [3.8, 4) is 0 Å². The molecule has 0 aliphatic rings. The number of carbonyl (C=O) groups excluding carboxylic acids is 1. The number of aldehydes is 1. The zero-order valence-corrected chi connectivity index (χ0v) is 10.6. The van der Waals surface area contributed by atoms with E-state index in [0.29, 0.717) is 0 Å². The minimum Gasteiger partial charge on any atom is -0.350 e. The number of para-hydroxylation sites is 1. The van der Waals surface area contributed by atoms with E-state index in [9.17, 15) is 9.18 Å². The van der Waals surface area contributed by atoms with Gasteiger partial charge in [0.2, 0.25) is 0 Å². The van der Waals surface area contributed by atoms with E-state index in [2.05, 4.69) is 0 Å². The Kier molecular flexibility index (Phi) is 4.08. The summed E-state index contributed by atoms with van der Waals surface area (Å²) in [7, 11) is 1.94. The first-order valence-electron chi connectivity index (χ1n) is 5.92. The lowest BCUT2D eigenvalue weighted by molar-refractivity contribution is 0.112. The van der Waals surface area contributed by atoms with Crippen LogP contribution in [0.5, 0.6) is 0 Å². The van der Waals surface area contributed by atoms with E-state index in [1.54, 1.807) is 18.2 Å². The Morgan fingerprint density at radius 2 is 1.63 bits per heavy atom. The fourth-order valence-electron chi connectivity index (χ4n) is 1.88. The third-order valence-electron chi connectivity index (χ3n) is 2.79. The molecule has 0 aliphatic heterocycles. The molecule has 0 saturated carbocycles. The molecule has 0 aliphatic carbocycles. The van der Waals surface area contributed by atoms with Gasteiger partial charge in [0, 0.05) is 29.7 Å². The first-order valence-corrected chi connectivity index (χ1v) is 5.92. The highest BCUT2D eigenvalue weighted by Gasteiger charge is 2.02. The fourth-order valence-corrected chi connectivity index (χ4v) is 1.88. The molecule has 0 saturated heterocycles. The molecule has 19 heavy (non-hydrogen) atoms. The fraction of sp³-hybridized carbons (Fsp3) is 0.0625. The molecule has 2 aromatic carbocycles. The molecule has 3 rings (SSSR count). The summed E-state index contributed by atoms with van der Waals surface area (Å²) in [6, 6.07) is 15.8. The molecule has 1 heterocycles. The van der Waals surface area contributed by atoms with E-state index in [0.717, 1.165) is 22.8 Å². The average molecular weight is 255 g/mol. The Morgan fingerprint density at radius 1 is 1.00 bits per heavy atom. The third-order valence-corrected chi connectivity index (χ3v) is 2.79. The smallest absolute Gasteiger partial charge is 0.152 e. The second-order valence-electron chi connectivity index (χ2n) is 4.13. The molecule has 0 spiro atoms. The topological polar surface area (TPSA) is 22.0 Å². The average Bonchev–Trinajstić information content (AvgIpc) is 2.78. The van der Waals surface area contributed by atoms with Crippen LogP contribution in [0.3, 0.4) is 0 Å². The predicted molar refractivity (Wildman–Crippen MR) is 74.7 cm³/mol. The molecule has 3 heteroatoms. The Hall–Kier alpha value is -2.42. The van der Waals surface area contributed by atoms with E-state index in [1.807, 2.05) is 42.1 Å². The van der Waals surface area contributed by atoms with Crippen molar-refractivity contribution in [1.82, 2.24) is 4.57 Å². The van der Waals surface area contributed by atoms with Crippen molar-refractivity contribution in [2.45, 2.75) is 0 Å². The lowest BCUT2D eigenvalue weighted by atomic mass is 10.2. The molecule has 0 atom stereocenters. The van der Waals surface area contributed by atoms with Gasteiger partial charge in [0.1, 0.15) is 5.82 Å². The summed E-state index contributed by atoms with van der Waals surface area (Å²) in [4.78, 5) is 10.6. The first kappa shape index (κ1) is 13.0. The summed E-state index contributed by atoms with van der Waals surface area (Å²) in [5.41, 5.74) is 1.85. The van der Waals surface area contributed by atoms with Gasteiger partial charge in [-0.1, -0.05) is 36.4 Å². The Morgan fingerprint density at radius 3 is 2.21 bits per heavy atom. The van der Waals surface area contributed by atoms with Crippen LogP contribution in [0, 0.1) is 5.82 Å². The molecular formula is C16H14FNO. The molecule has 0 N–H and O–H groups in total. The largest absolute Gasteiger partial charge is 0.350 e. The summed E-state index contributed by atoms with van der Waals surface area (Å²) in [5.74, 6) is -0.178. The normalized spacial score (nSPS) is 9.79. The molecule has 96 valence electrons. The maximum atomic E-state index is 11.9. The minimum absolute atomic E-state index is 0.178. The van der Waals surface area contributed by atoms with Crippen molar-refractivity contribution in [1.29, 1.82) is 0 Å². The molecule has 0 bridgehead atoms. The third kappa shape index (κ3) is 3.07. The van der Waals surface area contributed by atoms with Gasteiger partial charge < -0.3 is 4.57 Å². The number of hydrogen-bond donors (Lipinski definition) is 0. The van der Waals surface area contributed by atoms with Gasteiger partial charge in [0.25, 0.3) is 0 Å². The van der Waals surface area contributed by atoms with Crippen molar-refractivity contribution < 1.29 is 9.18 Å². The second kappa shape index (κ2) is 5.96. The lowest BCUT2D eigenvalue weighted by Crippen LogP contribution is -1.81. The van der Waals surface area contributed by atoms with Gasteiger partial charge in [-0.05, 0) is 18.2 Å². The van der Waals surface area contributed by atoms with Gasteiger partial charge in [0.05, 0.1) is 0 Å². The minimum atomic E-state index is -0.178. The van der Waals surface area contributed by atoms with Crippen LogP contribution in [-0.4, -0.2) is 10.9 Å². The van der Waals surface area contributed by atoms with Gasteiger partial charge in [0.15, 0.2) is 6.29 Å². The highest BCUT2D eigenvalue weighted by Crippen LogP contribution is 2.17. The van der Waals surface area contributed by atoms with Crippen LogP contribution < -0.4 is 0 Å². The highest BCUT2D eigenvalue weighted by atomic mass is 19.1. The van der Waals surface area contributed by atoms with Crippen LogP contribution in [0.15, 0.2) is 60.8 Å². The number of benzene rings is 2. The Balaban J connectivity index is 0.000000163. The SMILES string of the molecule is Cn1cc(C=O)c2ccccc21.Fc1ccccc1. The van der Waals surface area contributed by atoms with Crippen LogP contribution in [0.4, 0.5) is 4.39 Å². The summed E-state index contributed by atoms with van der Waals surface area (Å²) in [5, 5.41) is 1.02. The molecule has 0 amide bonds. The molecule has 1 aromatic heterocycles. The number of rotatable bonds is 1. The van der Waals surface area contributed by atoms with E-state index in [4.69, 9.17) is 0 Å². The standard InChI is InChI=1S/C10H9NO.C6H5F/c1-11-6-8(7-12)9-4-2-3-5-10(9)11;7-6-4-2-1-3-5-6/h2-7H,1H3;1-5H. The molecule has 0 fully saturated rings. The molecule has 2 nitrogen and oxygen atoms in total. The van der Waals surface area contributed by atoms with Crippen LogP contribution in [0.2, 0.25) is 0 Å². The Labute approximate surface area is 111 Å². The maximum absolute atomic E-state index is 11.9. The van der Waals surface area contributed by atoms with Crippen LogP contribution in [0.1, 0.15) is 10.4 Å². The number of nitrogens with zero attached hydrogens (tertiary/aromatic N) is 1. The van der Waals surface area contributed by atoms with Crippen LogP contribution >= 0.6 is 0 Å². The maximum Gasteiger partial charge on any atom is 0.152 e. The zero-order valence-electron chi connectivity index (χ0n) is 10.6. The summed E-state index contributed by atoms with van der Waals surface area (Å²) >= 11 is 0. The van der Waals surface area contributed by atoms with E-state index < -0.39 is 0 Å². The van der Waals surface area contributed by atoms with Crippen LogP contribution in [0.25, 0.3) is 10.9 Å². The van der Waals surface area contributed by atoms with Crippen molar-refractivity contribution in [3.05, 3.63) is 72.2 Å².